The molecule has 0 spiro atoms. The second-order valence-corrected chi connectivity index (χ2v) is 7.43. The summed E-state index contributed by atoms with van der Waals surface area (Å²) in [7, 11) is 0. The van der Waals surface area contributed by atoms with Gasteiger partial charge in [0.2, 0.25) is 5.91 Å². The highest BCUT2D eigenvalue weighted by Gasteiger charge is 2.39. The lowest BCUT2D eigenvalue weighted by Gasteiger charge is -2.22. The van der Waals surface area contributed by atoms with E-state index in [0.29, 0.717) is 12.5 Å². The Kier molecular flexibility index (Phi) is 4.35. The number of rotatable bonds is 5. The van der Waals surface area contributed by atoms with Crippen LogP contribution >= 0.6 is 11.8 Å². The minimum atomic E-state index is 0.238. The molecule has 20 heavy (non-hydrogen) atoms. The third-order valence-corrected chi connectivity index (χ3v) is 5.72. The van der Waals surface area contributed by atoms with E-state index < -0.39 is 0 Å². The van der Waals surface area contributed by atoms with Crippen molar-refractivity contribution in [3.05, 3.63) is 29.8 Å². The number of hydrogen-bond donors (Lipinski definition) is 1. The molecule has 2 saturated carbocycles. The SMILES string of the molecule is Cc1ccc(SCCC(=O)N[C@@H]2C[C@H]3CC[C@@H]2C3)cc1. The normalized spacial score (nSPS) is 27.8. The quantitative estimate of drug-likeness (QED) is 0.836. The first-order chi connectivity index (χ1) is 9.70. The number of carbonyl (C=O) groups is 1. The second kappa shape index (κ2) is 6.21. The van der Waals surface area contributed by atoms with Crippen molar-refractivity contribution in [2.24, 2.45) is 11.8 Å². The zero-order chi connectivity index (χ0) is 13.9. The topological polar surface area (TPSA) is 29.1 Å². The van der Waals surface area contributed by atoms with E-state index in [9.17, 15) is 4.79 Å². The lowest BCUT2D eigenvalue weighted by Crippen LogP contribution is -2.38. The van der Waals surface area contributed by atoms with Crippen LogP contribution in [0.5, 0.6) is 0 Å². The van der Waals surface area contributed by atoms with Crippen LogP contribution in [-0.4, -0.2) is 17.7 Å². The number of benzene rings is 1. The van der Waals surface area contributed by atoms with E-state index >= 15 is 0 Å². The number of hydrogen-bond acceptors (Lipinski definition) is 2. The molecule has 2 aliphatic carbocycles. The summed E-state index contributed by atoms with van der Waals surface area (Å²) in [6, 6.07) is 8.99. The van der Waals surface area contributed by atoms with Gasteiger partial charge in [0.1, 0.15) is 0 Å². The van der Waals surface area contributed by atoms with Gasteiger partial charge in [-0.25, -0.2) is 0 Å². The second-order valence-electron chi connectivity index (χ2n) is 6.26. The lowest BCUT2D eigenvalue weighted by atomic mass is 9.95. The predicted molar refractivity (Wildman–Crippen MR) is 83.9 cm³/mol. The van der Waals surface area contributed by atoms with E-state index in [4.69, 9.17) is 0 Å². The largest absolute Gasteiger partial charge is 0.353 e. The van der Waals surface area contributed by atoms with Gasteiger partial charge in [0, 0.05) is 23.1 Å². The molecular weight excluding hydrogens is 266 g/mol. The van der Waals surface area contributed by atoms with Crippen LogP contribution in [0.2, 0.25) is 0 Å². The number of nitrogens with one attached hydrogen (secondary N) is 1. The van der Waals surface area contributed by atoms with Gasteiger partial charge in [0.15, 0.2) is 0 Å². The monoisotopic (exact) mass is 289 g/mol. The first-order valence-electron chi connectivity index (χ1n) is 7.69. The van der Waals surface area contributed by atoms with Crippen molar-refractivity contribution in [3.8, 4) is 0 Å². The molecule has 3 rings (SSSR count). The minimum absolute atomic E-state index is 0.238. The molecule has 2 aliphatic rings. The fraction of sp³-hybridized carbons (Fsp3) is 0.588. The summed E-state index contributed by atoms with van der Waals surface area (Å²) in [5, 5.41) is 3.25. The Morgan fingerprint density at radius 1 is 1.25 bits per heavy atom. The Labute approximate surface area is 125 Å². The van der Waals surface area contributed by atoms with Gasteiger partial charge >= 0.3 is 0 Å². The summed E-state index contributed by atoms with van der Waals surface area (Å²) in [6.45, 7) is 2.09. The Bertz CT molecular complexity index is 470. The van der Waals surface area contributed by atoms with Gasteiger partial charge in [-0.05, 0) is 50.2 Å². The zero-order valence-electron chi connectivity index (χ0n) is 12.1. The van der Waals surface area contributed by atoms with Gasteiger partial charge in [-0.3, -0.25) is 4.79 Å². The average Bonchev–Trinajstić information content (AvgIpc) is 3.03. The summed E-state index contributed by atoms with van der Waals surface area (Å²) in [6.07, 6.45) is 5.92. The number of aryl methyl sites for hydroxylation is 1. The van der Waals surface area contributed by atoms with Gasteiger partial charge in [-0.15, -0.1) is 11.8 Å². The van der Waals surface area contributed by atoms with Crippen LogP contribution in [-0.2, 0) is 4.79 Å². The van der Waals surface area contributed by atoms with Crippen molar-refractivity contribution in [2.45, 2.75) is 50.0 Å². The molecule has 2 nitrogen and oxygen atoms in total. The highest BCUT2D eigenvalue weighted by atomic mass is 32.2. The van der Waals surface area contributed by atoms with Gasteiger partial charge in [-0.2, -0.15) is 0 Å². The molecule has 1 aromatic rings. The standard InChI is InChI=1S/C17H23NOS/c1-12-2-6-15(7-3-12)20-9-8-17(19)18-16-11-13-4-5-14(16)10-13/h2-3,6-7,13-14,16H,4-5,8-11H2,1H3,(H,18,19)/t13-,14+,16+/m0/s1. The number of amides is 1. The number of carbonyl (C=O) groups excluding carboxylic acids is 1. The molecule has 0 unspecified atom stereocenters. The van der Waals surface area contributed by atoms with E-state index in [0.717, 1.165) is 17.6 Å². The van der Waals surface area contributed by atoms with Crippen molar-refractivity contribution in [1.29, 1.82) is 0 Å². The molecular formula is C17H23NOS. The predicted octanol–water partition coefficient (Wildman–Crippen LogP) is 3.78. The molecule has 0 heterocycles. The van der Waals surface area contributed by atoms with Gasteiger partial charge in [0.25, 0.3) is 0 Å². The van der Waals surface area contributed by atoms with Crippen LogP contribution < -0.4 is 5.32 Å². The molecule has 0 radical (unpaired) electrons. The van der Waals surface area contributed by atoms with Crippen LogP contribution in [0.1, 0.15) is 37.7 Å². The molecule has 3 heteroatoms. The Balaban J connectivity index is 1.38. The van der Waals surface area contributed by atoms with E-state index in [-0.39, 0.29) is 5.91 Å². The summed E-state index contributed by atoms with van der Waals surface area (Å²) < 4.78 is 0. The van der Waals surface area contributed by atoms with Crippen LogP contribution in [0.25, 0.3) is 0 Å². The van der Waals surface area contributed by atoms with Crippen LogP contribution in [0.3, 0.4) is 0 Å². The van der Waals surface area contributed by atoms with Gasteiger partial charge in [0.05, 0.1) is 0 Å². The van der Waals surface area contributed by atoms with E-state index in [1.807, 2.05) is 0 Å². The fourth-order valence-corrected chi connectivity index (χ4v) is 4.45. The molecule has 0 saturated heterocycles. The van der Waals surface area contributed by atoms with Crippen LogP contribution in [0.15, 0.2) is 29.2 Å². The maximum absolute atomic E-state index is 12.0. The third kappa shape index (κ3) is 3.38. The van der Waals surface area contributed by atoms with Crippen molar-refractivity contribution >= 4 is 17.7 Å². The summed E-state index contributed by atoms with van der Waals surface area (Å²) in [5.74, 6) is 2.78. The smallest absolute Gasteiger partial charge is 0.221 e. The molecule has 1 aromatic carbocycles. The first kappa shape index (κ1) is 14.0. The molecule has 2 bridgehead atoms. The molecule has 1 amide bonds. The summed E-state index contributed by atoms with van der Waals surface area (Å²) in [5.41, 5.74) is 1.28. The lowest BCUT2D eigenvalue weighted by molar-refractivity contribution is -0.121. The molecule has 1 N–H and O–H groups in total. The van der Waals surface area contributed by atoms with Gasteiger partial charge < -0.3 is 5.32 Å². The molecule has 3 atom stereocenters. The number of thioether (sulfide) groups is 1. The maximum atomic E-state index is 12.0. The maximum Gasteiger partial charge on any atom is 0.221 e. The van der Waals surface area contributed by atoms with E-state index in [2.05, 4.69) is 36.5 Å². The van der Waals surface area contributed by atoms with Crippen molar-refractivity contribution in [3.63, 3.8) is 0 Å². The van der Waals surface area contributed by atoms with E-state index in [1.54, 1.807) is 11.8 Å². The molecule has 108 valence electrons. The Morgan fingerprint density at radius 2 is 2.05 bits per heavy atom. The number of fused-ring (bicyclic) bond motifs is 2. The minimum Gasteiger partial charge on any atom is -0.353 e. The Morgan fingerprint density at radius 3 is 2.70 bits per heavy atom. The van der Waals surface area contributed by atoms with Crippen molar-refractivity contribution in [1.82, 2.24) is 5.32 Å². The zero-order valence-corrected chi connectivity index (χ0v) is 12.9. The third-order valence-electron chi connectivity index (χ3n) is 4.70. The Hall–Kier alpha value is -0.960. The van der Waals surface area contributed by atoms with Crippen LogP contribution in [0.4, 0.5) is 0 Å². The fourth-order valence-electron chi connectivity index (χ4n) is 3.60. The first-order valence-corrected chi connectivity index (χ1v) is 8.68. The van der Waals surface area contributed by atoms with Gasteiger partial charge in [-0.1, -0.05) is 24.1 Å². The van der Waals surface area contributed by atoms with Crippen molar-refractivity contribution in [2.75, 3.05) is 5.75 Å². The highest BCUT2D eigenvalue weighted by Crippen LogP contribution is 2.44. The van der Waals surface area contributed by atoms with E-state index in [1.165, 1.54) is 36.1 Å². The molecule has 2 fully saturated rings. The molecule has 0 aliphatic heterocycles. The average molecular weight is 289 g/mol. The van der Waals surface area contributed by atoms with Crippen molar-refractivity contribution < 1.29 is 4.79 Å². The summed E-state index contributed by atoms with van der Waals surface area (Å²) in [4.78, 5) is 13.2. The molecule has 0 aromatic heterocycles. The highest BCUT2D eigenvalue weighted by molar-refractivity contribution is 7.99. The summed E-state index contributed by atoms with van der Waals surface area (Å²) >= 11 is 1.77. The van der Waals surface area contributed by atoms with Crippen LogP contribution in [0, 0.1) is 18.8 Å².